The first-order valence-corrected chi connectivity index (χ1v) is 3.68. The third kappa shape index (κ3) is 1.33. The SMILES string of the molecule is [2H][C@@]1(c2ccccc2)C=CCO1. The van der Waals surface area contributed by atoms with Crippen LogP contribution in [-0.4, -0.2) is 6.61 Å². The van der Waals surface area contributed by atoms with E-state index in [1.807, 2.05) is 36.4 Å². The summed E-state index contributed by atoms with van der Waals surface area (Å²) >= 11 is 0. The van der Waals surface area contributed by atoms with Crippen LogP contribution in [0.4, 0.5) is 0 Å². The maximum Gasteiger partial charge on any atom is 0.101 e. The van der Waals surface area contributed by atoms with Gasteiger partial charge in [0.2, 0.25) is 0 Å². The van der Waals surface area contributed by atoms with Crippen molar-refractivity contribution in [2.24, 2.45) is 0 Å². The molecule has 0 unspecified atom stereocenters. The molecule has 0 spiro atoms. The Balaban J connectivity index is 2.36. The minimum Gasteiger partial charge on any atom is -0.365 e. The van der Waals surface area contributed by atoms with Gasteiger partial charge in [0.25, 0.3) is 0 Å². The lowest BCUT2D eigenvalue weighted by Crippen LogP contribution is -1.94. The molecule has 2 rings (SSSR count). The molecule has 0 N–H and O–H groups in total. The van der Waals surface area contributed by atoms with Crippen LogP contribution in [0.2, 0.25) is 0 Å². The first kappa shape index (κ1) is 5.56. The molecule has 1 aliphatic heterocycles. The van der Waals surface area contributed by atoms with Crippen molar-refractivity contribution in [2.45, 2.75) is 6.08 Å². The highest BCUT2D eigenvalue weighted by Gasteiger charge is 2.10. The van der Waals surface area contributed by atoms with Crippen LogP contribution < -0.4 is 0 Å². The zero-order valence-electron chi connectivity index (χ0n) is 7.16. The standard InChI is InChI=1S/C10H10O/c1-2-5-9(6-3-1)10-7-4-8-11-10/h1-7,10H,8H2/t10-/m0/s1/i10D. The lowest BCUT2D eigenvalue weighted by molar-refractivity contribution is 0.129. The van der Waals surface area contributed by atoms with Crippen molar-refractivity contribution in [1.82, 2.24) is 0 Å². The lowest BCUT2D eigenvalue weighted by Gasteiger charge is -2.06. The molecule has 0 aromatic heterocycles. The van der Waals surface area contributed by atoms with Crippen molar-refractivity contribution >= 4 is 0 Å². The second-order valence-corrected chi connectivity index (χ2v) is 2.44. The van der Waals surface area contributed by atoms with E-state index in [1.54, 1.807) is 6.08 Å². The van der Waals surface area contributed by atoms with Gasteiger partial charge in [-0.25, -0.2) is 0 Å². The molecule has 11 heavy (non-hydrogen) atoms. The number of hydrogen-bond acceptors (Lipinski definition) is 1. The van der Waals surface area contributed by atoms with E-state index in [1.165, 1.54) is 0 Å². The van der Waals surface area contributed by atoms with Crippen molar-refractivity contribution in [3.8, 4) is 0 Å². The summed E-state index contributed by atoms with van der Waals surface area (Å²) in [4.78, 5) is 0. The van der Waals surface area contributed by atoms with E-state index in [9.17, 15) is 0 Å². The van der Waals surface area contributed by atoms with Gasteiger partial charge >= 0.3 is 0 Å². The van der Waals surface area contributed by atoms with Crippen LogP contribution in [0.5, 0.6) is 0 Å². The smallest absolute Gasteiger partial charge is 0.101 e. The summed E-state index contributed by atoms with van der Waals surface area (Å²) in [5.41, 5.74) is 0.888. The van der Waals surface area contributed by atoms with E-state index < -0.39 is 6.08 Å². The first-order chi connectivity index (χ1) is 5.81. The van der Waals surface area contributed by atoms with Crippen molar-refractivity contribution in [2.75, 3.05) is 6.61 Å². The van der Waals surface area contributed by atoms with Crippen LogP contribution in [0.3, 0.4) is 0 Å². The Hall–Kier alpha value is -1.08. The van der Waals surface area contributed by atoms with Gasteiger partial charge in [-0.1, -0.05) is 42.5 Å². The molecular formula is C10H10O. The van der Waals surface area contributed by atoms with Crippen LogP contribution in [0, 0.1) is 0 Å². The summed E-state index contributed by atoms with van der Waals surface area (Å²) in [5.74, 6) is 0. The molecule has 1 atom stereocenters. The molecule has 1 heterocycles. The first-order valence-electron chi connectivity index (χ1n) is 4.18. The monoisotopic (exact) mass is 147 g/mol. The molecule has 0 saturated heterocycles. The summed E-state index contributed by atoms with van der Waals surface area (Å²) in [6.45, 7) is 0.540. The molecule has 0 radical (unpaired) electrons. The molecule has 1 nitrogen and oxygen atoms in total. The van der Waals surface area contributed by atoms with E-state index in [2.05, 4.69) is 0 Å². The predicted molar refractivity (Wildman–Crippen MR) is 44.3 cm³/mol. The van der Waals surface area contributed by atoms with Gasteiger partial charge in [0, 0.05) is 0 Å². The highest BCUT2D eigenvalue weighted by molar-refractivity contribution is 5.22. The maximum absolute atomic E-state index is 7.91. The predicted octanol–water partition coefficient (Wildman–Crippen LogP) is 2.31. The van der Waals surface area contributed by atoms with Gasteiger partial charge < -0.3 is 4.74 Å². The highest BCUT2D eigenvalue weighted by atomic mass is 16.5. The summed E-state index contributed by atoms with van der Waals surface area (Å²) < 4.78 is 13.2. The number of rotatable bonds is 1. The van der Waals surface area contributed by atoms with E-state index in [4.69, 9.17) is 6.11 Å². The Morgan fingerprint density at radius 3 is 2.82 bits per heavy atom. The van der Waals surface area contributed by atoms with Gasteiger partial charge in [0.15, 0.2) is 0 Å². The largest absolute Gasteiger partial charge is 0.365 e. The van der Waals surface area contributed by atoms with Crippen molar-refractivity contribution in [3.63, 3.8) is 0 Å². The average Bonchev–Trinajstić information content (AvgIpc) is 2.55. The van der Waals surface area contributed by atoms with E-state index in [-0.39, 0.29) is 0 Å². The molecule has 0 saturated carbocycles. The number of hydrogen-bond donors (Lipinski definition) is 0. The maximum atomic E-state index is 7.91. The topological polar surface area (TPSA) is 9.23 Å². The van der Waals surface area contributed by atoms with Crippen LogP contribution in [0.1, 0.15) is 13.0 Å². The van der Waals surface area contributed by atoms with Gasteiger partial charge in [0.05, 0.1) is 7.98 Å². The second-order valence-electron chi connectivity index (χ2n) is 2.44. The van der Waals surface area contributed by atoms with Crippen molar-refractivity contribution < 1.29 is 6.11 Å². The molecule has 1 aliphatic rings. The van der Waals surface area contributed by atoms with E-state index >= 15 is 0 Å². The molecule has 1 aromatic rings. The third-order valence-electron chi connectivity index (χ3n) is 1.66. The Morgan fingerprint density at radius 2 is 2.18 bits per heavy atom. The van der Waals surface area contributed by atoms with E-state index in [0.717, 1.165) is 5.56 Å². The Kier molecular flexibility index (Phi) is 1.46. The molecule has 1 aromatic carbocycles. The zero-order valence-corrected chi connectivity index (χ0v) is 6.16. The van der Waals surface area contributed by atoms with Crippen LogP contribution in [0.25, 0.3) is 0 Å². The van der Waals surface area contributed by atoms with Gasteiger partial charge in [0.1, 0.15) is 6.08 Å². The molecule has 0 amide bonds. The van der Waals surface area contributed by atoms with Crippen LogP contribution >= 0.6 is 0 Å². The number of ether oxygens (including phenoxy) is 1. The second kappa shape index (κ2) is 2.89. The fourth-order valence-corrected chi connectivity index (χ4v) is 1.12. The molecule has 56 valence electrons. The Labute approximate surface area is 67.7 Å². The van der Waals surface area contributed by atoms with Crippen LogP contribution in [-0.2, 0) is 4.74 Å². The molecule has 0 bridgehead atoms. The minimum atomic E-state index is -0.943. The average molecular weight is 147 g/mol. The zero-order chi connectivity index (χ0) is 8.44. The minimum absolute atomic E-state index is 0.540. The summed E-state index contributed by atoms with van der Waals surface area (Å²) in [6, 6.07) is 9.58. The summed E-state index contributed by atoms with van der Waals surface area (Å²) in [7, 11) is 0. The van der Waals surface area contributed by atoms with Gasteiger partial charge in [-0.05, 0) is 5.56 Å². The summed E-state index contributed by atoms with van der Waals surface area (Å²) in [5, 5.41) is 0. The normalized spacial score (nSPS) is 30.4. The van der Waals surface area contributed by atoms with Crippen molar-refractivity contribution in [3.05, 3.63) is 48.0 Å². The molecule has 0 fully saturated rings. The van der Waals surface area contributed by atoms with Gasteiger partial charge in [-0.3, -0.25) is 0 Å². The number of benzene rings is 1. The molecule has 1 heteroatoms. The molecular weight excluding hydrogens is 136 g/mol. The highest BCUT2D eigenvalue weighted by Crippen LogP contribution is 2.21. The fourth-order valence-electron chi connectivity index (χ4n) is 1.12. The third-order valence-corrected chi connectivity index (χ3v) is 1.66. The lowest BCUT2D eigenvalue weighted by atomic mass is 10.1. The van der Waals surface area contributed by atoms with Crippen molar-refractivity contribution in [1.29, 1.82) is 0 Å². The van der Waals surface area contributed by atoms with Gasteiger partial charge in [-0.2, -0.15) is 0 Å². The quantitative estimate of drug-likeness (QED) is 0.554. The van der Waals surface area contributed by atoms with Crippen LogP contribution in [0.15, 0.2) is 42.5 Å². The molecule has 0 aliphatic carbocycles. The Morgan fingerprint density at radius 1 is 1.36 bits per heavy atom. The fraction of sp³-hybridized carbons (Fsp3) is 0.200. The Bertz CT molecular complexity index is 294. The van der Waals surface area contributed by atoms with Gasteiger partial charge in [-0.15, -0.1) is 0 Å². The summed E-state index contributed by atoms with van der Waals surface area (Å²) in [6.07, 6.45) is 2.71. The van der Waals surface area contributed by atoms with E-state index in [0.29, 0.717) is 6.61 Å².